The van der Waals surface area contributed by atoms with Crippen molar-refractivity contribution in [2.75, 3.05) is 25.5 Å². The van der Waals surface area contributed by atoms with Crippen LogP contribution < -0.4 is 10.1 Å². The molecule has 1 N–H and O–H groups in total. The van der Waals surface area contributed by atoms with Gasteiger partial charge in [0.2, 0.25) is 15.9 Å². The summed E-state index contributed by atoms with van der Waals surface area (Å²) >= 11 is 1.36. The molecule has 1 aliphatic heterocycles. The van der Waals surface area contributed by atoms with Gasteiger partial charge in [0.25, 0.3) is 0 Å². The SMILES string of the molecule is COc1ccc(C)cc1S(=O)(=O)N1CCC(C(=O)Nc2nccs2)CC1. The second-order valence-electron chi connectivity index (χ2n) is 6.16. The summed E-state index contributed by atoms with van der Waals surface area (Å²) in [6.45, 7) is 2.44. The molecule has 140 valence electrons. The Hall–Kier alpha value is -1.97. The second kappa shape index (κ2) is 7.73. The Bertz CT molecular complexity index is 873. The number of ether oxygens (including phenoxy) is 1. The third-order valence-corrected chi connectivity index (χ3v) is 7.03. The van der Waals surface area contributed by atoms with Crippen LogP contribution in [-0.2, 0) is 14.8 Å². The maximum absolute atomic E-state index is 13.0. The smallest absolute Gasteiger partial charge is 0.246 e. The summed E-state index contributed by atoms with van der Waals surface area (Å²) in [4.78, 5) is 16.5. The summed E-state index contributed by atoms with van der Waals surface area (Å²) in [6, 6.07) is 5.10. The minimum absolute atomic E-state index is 0.106. The van der Waals surface area contributed by atoms with E-state index in [4.69, 9.17) is 4.74 Å². The van der Waals surface area contributed by atoms with Crippen LogP contribution in [0.2, 0.25) is 0 Å². The summed E-state index contributed by atoms with van der Waals surface area (Å²) in [5, 5.41) is 5.14. The normalized spacial score (nSPS) is 16.4. The molecule has 1 amide bonds. The number of sulfonamides is 1. The lowest BCUT2D eigenvalue weighted by Crippen LogP contribution is -2.41. The lowest BCUT2D eigenvalue weighted by atomic mass is 9.97. The van der Waals surface area contributed by atoms with Crippen molar-refractivity contribution in [2.45, 2.75) is 24.7 Å². The number of nitrogens with zero attached hydrogens (tertiary/aromatic N) is 2. The number of carbonyl (C=O) groups is 1. The number of aromatic nitrogens is 1. The van der Waals surface area contributed by atoms with Gasteiger partial charge >= 0.3 is 0 Å². The van der Waals surface area contributed by atoms with E-state index in [1.54, 1.807) is 23.7 Å². The molecule has 0 aliphatic carbocycles. The molecule has 0 saturated carbocycles. The maximum Gasteiger partial charge on any atom is 0.246 e. The number of nitrogens with one attached hydrogen (secondary N) is 1. The van der Waals surface area contributed by atoms with Crippen LogP contribution in [0.3, 0.4) is 0 Å². The van der Waals surface area contributed by atoms with Crippen molar-refractivity contribution in [3.05, 3.63) is 35.3 Å². The highest BCUT2D eigenvalue weighted by atomic mass is 32.2. The zero-order chi connectivity index (χ0) is 18.7. The average Bonchev–Trinajstić information content (AvgIpc) is 3.14. The maximum atomic E-state index is 13.0. The Labute approximate surface area is 157 Å². The summed E-state index contributed by atoms with van der Waals surface area (Å²) in [5.41, 5.74) is 0.849. The monoisotopic (exact) mass is 395 g/mol. The first-order valence-electron chi connectivity index (χ1n) is 8.27. The fraction of sp³-hybridized carbons (Fsp3) is 0.412. The van der Waals surface area contributed by atoms with Crippen molar-refractivity contribution in [1.82, 2.24) is 9.29 Å². The quantitative estimate of drug-likeness (QED) is 0.840. The van der Waals surface area contributed by atoms with E-state index in [0.717, 1.165) is 5.56 Å². The van der Waals surface area contributed by atoms with Gasteiger partial charge in [0.05, 0.1) is 7.11 Å². The first-order valence-corrected chi connectivity index (χ1v) is 10.6. The number of aryl methyl sites for hydroxylation is 1. The highest BCUT2D eigenvalue weighted by Crippen LogP contribution is 2.30. The zero-order valence-electron chi connectivity index (χ0n) is 14.6. The van der Waals surface area contributed by atoms with Crippen molar-refractivity contribution in [3.63, 3.8) is 0 Å². The molecule has 26 heavy (non-hydrogen) atoms. The van der Waals surface area contributed by atoms with E-state index in [2.05, 4.69) is 10.3 Å². The number of methoxy groups -OCH3 is 1. The van der Waals surface area contributed by atoms with Crippen molar-refractivity contribution in [3.8, 4) is 5.75 Å². The standard InChI is InChI=1S/C17H21N3O4S2/c1-12-3-4-14(24-2)15(11-12)26(22,23)20-8-5-13(6-9-20)16(21)19-17-18-7-10-25-17/h3-4,7,10-11,13H,5-6,8-9H2,1-2H3,(H,18,19,21). The number of amides is 1. The Morgan fingerprint density at radius 2 is 2.08 bits per heavy atom. The first-order chi connectivity index (χ1) is 12.4. The van der Waals surface area contributed by atoms with Gasteiger partial charge in [-0.1, -0.05) is 6.07 Å². The van der Waals surface area contributed by atoms with Crippen molar-refractivity contribution in [1.29, 1.82) is 0 Å². The average molecular weight is 396 g/mol. The summed E-state index contributed by atoms with van der Waals surface area (Å²) in [5.74, 6) is 0.00845. The van der Waals surface area contributed by atoms with Crippen LogP contribution in [0.15, 0.2) is 34.7 Å². The van der Waals surface area contributed by atoms with Gasteiger partial charge in [0, 0.05) is 30.6 Å². The van der Waals surface area contributed by atoms with Crippen LogP contribution in [0.4, 0.5) is 5.13 Å². The van der Waals surface area contributed by atoms with Gasteiger partial charge in [0.1, 0.15) is 10.6 Å². The molecule has 1 aliphatic rings. The van der Waals surface area contributed by atoms with Gasteiger partial charge in [-0.25, -0.2) is 13.4 Å². The number of carbonyl (C=O) groups excluding carboxylic acids is 1. The number of anilines is 1. The topological polar surface area (TPSA) is 88.6 Å². The van der Waals surface area contributed by atoms with Gasteiger partial charge in [-0.2, -0.15) is 4.31 Å². The minimum atomic E-state index is -3.66. The van der Waals surface area contributed by atoms with E-state index in [-0.39, 0.29) is 16.7 Å². The van der Waals surface area contributed by atoms with Gasteiger partial charge in [-0.3, -0.25) is 4.79 Å². The molecule has 2 aromatic rings. The Balaban J connectivity index is 1.69. The lowest BCUT2D eigenvalue weighted by Gasteiger charge is -2.30. The number of hydrogen-bond acceptors (Lipinski definition) is 6. The van der Waals surface area contributed by atoms with E-state index in [1.807, 2.05) is 13.0 Å². The Morgan fingerprint density at radius 1 is 1.35 bits per heavy atom. The van der Waals surface area contributed by atoms with Gasteiger partial charge < -0.3 is 10.1 Å². The fourth-order valence-corrected chi connectivity index (χ4v) is 5.22. The van der Waals surface area contributed by atoms with Gasteiger partial charge in [-0.05, 0) is 37.5 Å². The third kappa shape index (κ3) is 3.89. The number of benzene rings is 1. The predicted molar refractivity (Wildman–Crippen MR) is 100.0 cm³/mol. The molecule has 0 unspecified atom stereocenters. The summed E-state index contributed by atoms with van der Waals surface area (Å²) in [7, 11) is -2.20. The number of piperidine rings is 1. The minimum Gasteiger partial charge on any atom is -0.495 e. The zero-order valence-corrected chi connectivity index (χ0v) is 16.3. The van der Waals surface area contributed by atoms with Crippen molar-refractivity contribution in [2.24, 2.45) is 5.92 Å². The van der Waals surface area contributed by atoms with Crippen LogP contribution in [0.1, 0.15) is 18.4 Å². The molecule has 1 saturated heterocycles. The molecule has 3 rings (SSSR count). The molecule has 0 atom stereocenters. The van der Waals surface area contributed by atoms with Crippen molar-refractivity contribution < 1.29 is 17.9 Å². The second-order valence-corrected chi connectivity index (χ2v) is 8.96. The molecule has 1 aromatic heterocycles. The van der Waals surface area contributed by atoms with Crippen LogP contribution in [0, 0.1) is 12.8 Å². The number of thiazole rings is 1. The molecule has 9 heteroatoms. The predicted octanol–water partition coefficient (Wildman–Crippen LogP) is 2.50. The van der Waals surface area contributed by atoms with E-state index >= 15 is 0 Å². The highest BCUT2D eigenvalue weighted by molar-refractivity contribution is 7.89. The molecular weight excluding hydrogens is 374 g/mol. The van der Waals surface area contributed by atoms with Crippen LogP contribution in [0.25, 0.3) is 0 Å². The summed E-state index contributed by atoms with van der Waals surface area (Å²) in [6.07, 6.45) is 2.58. The van der Waals surface area contributed by atoms with Gasteiger partial charge in [0.15, 0.2) is 5.13 Å². The molecule has 1 aromatic carbocycles. The third-order valence-electron chi connectivity index (χ3n) is 4.42. The van der Waals surface area contributed by atoms with E-state index in [0.29, 0.717) is 36.8 Å². The van der Waals surface area contributed by atoms with Crippen LogP contribution in [0.5, 0.6) is 5.75 Å². The lowest BCUT2D eigenvalue weighted by molar-refractivity contribution is -0.120. The molecular formula is C17H21N3O4S2. The van der Waals surface area contributed by atoms with E-state index in [1.165, 1.54) is 22.8 Å². The Morgan fingerprint density at radius 3 is 2.69 bits per heavy atom. The number of hydrogen-bond donors (Lipinski definition) is 1. The van der Waals surface area contributed by atoms with Crippen molar-refractivity contribution >= 4 is 32.4 Å². The van der Waals surface area contributed by atoms with E-state index in [9.17, 15) is 13.2 Å². The molecule has 0 bridgehead atoms. The molecule has 7 nitrogen and oxygen atoms in total. The van der Waals surface area contributed by atoms with E-state index < -0.39 is 10.0 Å². The molecule has 2 heterocycles. The largest absolute Gasteiger partial charge is 0.495 e. The fourth-order valence-electron chi connectivity index (χ4n) is 2.98. The van der Waals surface area contributed by atoms with Gasteiger partial charge in [-0.15, -0.1) is 11.3 Å². The van der Waals surface area contributed by atoms with Crippen LogP contribution >= 0.6 is 11.3 Å². The molecule has 0 spiro atoms. The summed E-state index contributed by atoms with van der Waals surface area (Å²) < 4.78 is 32.6. The number of rotatable bonds is 5. The first kappa shape index (κ1) is 18.8. The Kier molecular flexibility index (Phi) is 5.59. The molecule has 0 radical (unpaired) electrons. The molecule has 1 fully saturated rings. The van der Waals surface area contributed by atoms with Crippen LogP contribution in [-0.4, -0.2) is 43.8 Å². The highest BCUT2D eigenvalue weighted by Gasteiger charge is 2.33.